The van der Waals surface area contributed by atoms with E-state index in [2.05, 4.69) is 137 Å². The molecule has 5 aromatic rings. The molecule has 3 aromatic carbocycles. The predicted octanol–water partition coefficient (Wildman–Crippen LogP) is 8.54. The molecule has 235 valence electrons. The highest BCUT2D eigenvalue weighted by Gasteiger charge is 2.43. The summed E-state index contributed by atoms with van der Waals surface area (Å²) in [5.41, 5.74) is 10.4. The van der Waals surface area contributed by atoms with Crippen molar-refractivity contribution in [2.45, 2.75) is 73.0 Å². The van der Waals surface area contributed by atoms with Gasteiger partial charge in [-0.15, -0.1) is 0 Å². The second kappa shape index (κ2) is 11.4. The van der Waals surface area contributed by atoms with Gasteiger partial charge < -0.3 is 9.47 Å². The first-order valence-electron chi connectivity index (χ1n) is 16.5. The molecule has 7 rings (SSSR count). The van der Waals surface area contributed by atoms with E-state index in [1.807, 2.05) is 10.9 Å². The topological polar surface area (TPSA) is 56.0 Å². The summed E-state index contributed by atoms with van der Waals surface area (Å²) in [5.74, 6) is 3.17. The molecule has 1 saturated heterocycles. The Balaban J connectivity index is 1.20. The van der Waals surface area contributed by atoms with Crippen molar-refractivity contribution in [1.82, 2.24) is 24.2 Å². The van der Waals surface area contributed by atoms with Crippen molar-refractivity contribution < 1.29 is 4.79 Å². The van der Waals surface area contributed by atoms with Crippen LogP contribution in [0, 0.1) is 31.6 Å². The third-order valence-electron chi connectivity index (χ3n) is 10.1. The van der Waals surface area contributed by atoms with Gasteiger partial charge in [-0.2, -0.15) is 5.10 Å². The van der Waals surface area contributed by atoms with Gasteiger partial charge in [0, 0.05) is 42.8 Å². The molecule has 0 spiro atoms. The van der Waals surface area contributed by atoms with Crippen LogP contribution in [0.5, 0.6) is 0 Å². The van der Waals surface area contributed by atoms with Gasteiger partial charge in [-0.3, -0.25) is 9.48 Å². The summed E-state index contributed by atoms with van der Waals surface area (Å²) in [4.78, 5) is 20.5. The average molecular weight is 611 g/mol. The fourth-order valence-corrected chi connectivity index (χ4v) is 6.99. The summed E-state index contributed by atoms with van der Waals surface area (Å²) in [6, 6.07) is 23.8. The fourth-order valence-electron chi connectivity index (χ4n) is 6.99. The number of fused-ring (bicyclic) bond motifs is 1. The Bertz CT molecular complexity index is 1940. The molecule has 0 saturated carbocycles. The number of aromatic nitrogens is 4. The number of aryl methyl sites for hydroxylation is 2. The van der Waals surface area contributed by atoms with Crippen LogP contribution >= 0.6 is 0 Å². The van der Waals surface area contributed by atoms with E-state index in [0.717, 1.165) is 41.1 Å². The zero-order chi connectivity index (χ0) is 32.3. The second-order valence-corrected chi connectivity index (χ2v) is 14.4. The zero-order valence-electron chi connectivity index (χ0n) is 28.1. The summed E-state index contributed by atoms with van der Waals surface area (Å²) in [6.45, 7) is 16.7. The molecule has 6 heteroatoms. The van der Waals surface area contributed by atoms with E-state index in [1.54, 1.807) is 0 Å². The van der Waals surface area contributed by atoms with Crippen LogP contribution < -0.4 is 0 Å². The molecule has 3 atom stereocenters. The highest BCUT2D eigenvalue weighted by molar-refractivity contribution is 6.04. The van der Waals surface area contributed by atoms with Crippen LogP contribution in [-0.2, 0) is 16.9 Å². The van der Waals surface area contributed by atoms with Crippen molar-refractivity contribution in [3.8, 4) is 11.1 Å². The minimum absolute atomic E-state index is 0.0730. The van der Waals surface area contributed by atoms with Crippen LogP contribution in [0.3, 0.4) is 0 Å². The van der Waals surface area contributed by atoms with Crippen LogP contribution in [0.2, 0.25) is 0 Å². The molecule has 1 aliphatic carbocycles. The Morgan fingerprint density at radius 1 is 0.957 bits per heavy atom. The van der Waals surface area contributed by atoms with Crippen LogP contribution in [-0.4, -0.2) is 36.7 Å². The second-order valence-electron chi connectivity index (χ2n) is 14.4. The first-order valence-corrected chi connectivity index (χ1v) is 16.5. The molecule has 2 aliphatic rings. The molecular weight excluding hydrogens is 566 g/mol. The summed E-state index contributed by atoms with van der Waals surface area (Å²) < 4.78 is 4.37. The average Bonchev–Trinajstić information content (AvgIpc) is 3.31. The molecule has 0 bridgehead atoms. The van der Waals surface area contributed by atoms with Gasteiger partial charge in [-0.1, -0.05) is 73.2 Å². The third-order valence-corrected chi connectivity index (χ3v) is 10.1. The van der Waals surface area contributed by atoms with E-state index in [0.29, 0.717) is 6.42 Å². The van der Waals surface area contributed by atoms with E-state index >= 15 is 0 Å². The van der Waals surface area contributed by atoms with Gasteiger partial charge in [0.2, 0.25) is 5.91 Å². The number of carbonyl (C=O) groups is 1. The molecule has 1 radical (unpaired) electrons. The minimum Gasteiger partial charge on any atom is -0.336 e. The fraction of sp³-hybridized carbons (Fsp3) is 0.350. The SMILES string of the molecule is Cc1ccc([C@H](C)N2C[C@H]([C@@H](C)[C]3C=C3c3cc(-c4cnn(C(C)(C)C)c4)cc4c3nc(C)n4Cc3ccccc3)CC2=O)cc1. The van der Waals surface area contributed by atoms with Crippen molar-refractivity contribution >= 4 is 22.5 Å². The van der Waals surface area contributed by atoms with E-state index < -0.39 is 0 Å². The van der Waals surface area contributed by atoms with Gasteiger partial charge in [-0.05, 0) is 87.8 Å². The Labute approximate surface area is 272 Å². The molecule has 0 unspecified atom stereocenters. The van der Waals surface area contributed by atoms with Gasteiger partial charge in [0.1, 0.15) is 5.82 Å². The lowest BCUT2D eigenvalue weighted by Crippen LogP contribution is -2.29. The Morgan fingerprint density at radius 2 is 1.70 bits per heavy atom. The van der Waals surface area contributed by atoms with E-state index in [9.17, 15) is 4.79 Å². The number of hydrogen-bond acceptors (Lipinski definition) is 3. The van der Waals surface area contributed by atoms with Gasteiger partial charge in [0.25, 0.3) is 0 Å². The van der Waals surface area contributed by atoms with Gasteiger partial charge in [0.05, 0.1) is 28.8 Å². The molecule has 1 fully saturated rings. The number of carbonyl (C=O) groups excluding carboxylic acids is 1. The van der Waals surface area contributed by atoms with Crippen LogP contribution in [0.1, 0.15) is 75.2 Å². The van der Waals surface area contributed by atoms with E-state index in [4.69, 9.17) is 10.1 Å². The number of hydrogen-bond donors (Lipinski definition) is 0. The van der Waals surface area contributed by atoms with Gasteiger partial charge in [-0.25, -0.2) is 4.98 Å². The lowest BCUT2D eigenvalue weighted by atomic mass is 9.85. The number of benzene rings is 3. The highest BCUT2D eigenvalue weighted by Crippen LogP contribution is 2.52. The number of imidazole rings is 1. The normalized spacial score (nSPS) is 18.3. The van der Waals surface area contributed by atoms with Crippen molar-refractivity contribution in [3.05, 3.63) is 119 Å². The molecule has 2 aromatic heterocycles. The van der Waals surface area contributed by atoms with Crippen molar-refractivity contribution in [2.75, 3.05) is 6.54 Å². The van der Waals surface area contributed by atoms with Crippen LogP contribution in [0.25, 0.3) is 27.7 Å². The highest BCUT2D eigenvalue weighted by atomic mass is 16.2. The minimum atomic E-state index is -0.101. The molecule has 0 N–H and O–H groups in total. The monoisotopic (exact) mass is 610 g/mol. The maximum atomic E-state index is 13.3. The van der Waals surface area contributed by atoms with Crippen molar-refractivity contribution in [3.63, 3.8) is 0 Å². The summed E-state index contributed by atoms with van der Waals surface area (Å²) in [6.07, 6.45) is 7.04. The van der Waals surface area contributed by atoms with Crippen LogP contribution in [0.4, 0.5) is 0 Å². The quantitative estimate of drug-likeness (QED) is 0.177. The van der Waals surface area contributed by atoms with Crippen molar-refractivity contribution in [2.24, 2.45) is 11.8 Å². The molecule has 46 heavy (non-hydrogen) atoms. The predicted molar refractivity (Wildman–Crippen MR) is 186 cm³/mol. The van der Waals surface area contributed by atoms with Crippen LogP contribution in [0.15, 0.2) is 85.2 Å². The Morgan fingerprint density at radius 3 is 2.39 bits per heavy atom. The maximum Gasteiger partial charge on any atom is 0.223 e. The number of amides is 1. The number of rotatable bonds is 8. The third kappa shape index (κ3) is 5.59. The lowest BCUT2D eigenvalue weighted by Gasteiger charge is -2.26. The largest absolute Gasteiger partial charge is 0.336 e. The Kier molecular flexibility index (Phi) is 7.50. The number of likely N-dealkylation sites (tertiary alicyclic amines) is 1. The first-order chi connectivity index (χ1) is 22.0. The lowest BCUT2D eigenvalue weighted by molar-refractivity contribution is -0.129. The van der Waals surface area contributed by atoms with Gasteiger partial charge in [0.15, 0.2) is 0 Å². The van der Waals surface area contributed by atoms with Crippen molar-refractivity contribution in [1.29, 1.82) is 0 Å². The molecule has 1 amide bonds. The van der Waals surface area contributed by atoms with E-state index in [-0.39, 0.29) is 29.3 Å². The maximum absolute atomic E-state index is 13.3. The molecule has 6 nitrogen and oxygen atoms in total. The van der Waals surface area contributed by atoms with Gasteiger partial charge >= 0.3 is 0 Å². The van der Waals surface area contributed by atoms with E-state index in [1.165, 1.54) is 33.7 Å². The molecule has 3 heterocycles. The summed E-state index contributed by atoms with van der Waals surface area (Å²) in [7, 11) is 0. The number of allylic oxidation sites excluding steroid dienone is 2. The Hall–Kier alpha value is -4.45. The summed E-state index contributed by atoms with van der Waals surface area (Å²) >= 11 is 0. The zero-order valence-corrected chi connectivity index (χ0v) is 28.1. The summed E-state index contributed by atoms with van der Waals surface area (Å²) in [5, 5.41) is 4.72. The molecule has 1 aliphatic heterocycles. The number of nitrogens with zero attached hydrogens (tertiary/aromatic N) is 5. The smallest absolute Gasteiger partial charge is 0.223 e. The standard InChI is InChI=1S/C40H44N5O/c1-25-13-15-30(16-14-25)27(3)43-23-32(19-38(43)46)26(2)34-20-35(34)36-17-31(33-21-41-45(24-33)40(5,6)7)18-37-39(36)42-28(4)44(37)22-29-11-9-8-10-12-29/h8-18,20-21,24,26-27,32H,19,22-23H2,1-7H3/t26-,27+,32-/m1/s1. The molecular formula is C40H44N5O. The first kappa shape index (κ1) is 30.2.